The molecule has 0 aliphatic rings. The van der Waals surface area contributed by atoms with Crippen molar-refractivity contribution in [3.05, 3.63) is 45.8 Å². The third-order valence-corrected chi connectivity index (χ3v) is 1.83. The summed E-state index contributed by atoms with van der Waals surface area (Å²) < 4.78 is 37.2. The van der Waals surface area contributed by atoms with E-state index < -0.39 is 17.5 Å². The van der Waals surface area contributed by atoms with Gasteiger partial charge < -0.3 is 5.11 Å². The molecule has 1 aromatic rings. The maximum absolute atomic E-state index is 12.4. The molecule has 7 heteroatoms. The molecule has 0 saturated carbocycles. The molecule has 17 heavy (non-hydrogen) atoms. The largest absolute Gasteiger partial charge is 0.508 e. The standard InChI is InChI=1S/C10H8F3N3O/c11-10(12,13)8-4-7(5-9(17)6-8)2-1-3-15-16-14/h1-2,4-6,17H,3H2. The minimum absolute atomic E-state index is 0.0352. The number of aromatic hydroxyl groups is 1. The first kappa shape index (κ1) is 12.9. The molecule has 0 aliphatic carbocycles. The van der Waals surface area contributed by atoms with Gasteiger partial charge in [0.05, 0.1) is 5.56 Å². The zero-order valence-electron chi connectivity index (χ0n) is 8.52. The third-order valence-electron chi connectivity index (χ3n) is 1.83. The van der Waals surface area contributed by atoms with E-state index in [0.29, 0.717) is 6.07 Å². The van der Waals surface area contributed by atoms with Crippen LogP contribution < -0.4 is 0 Å². The zero-order valence-corrected chi connectivity index (χ0v) is 8.52. The van der Waals surface area contributed by atoms with E-state index in [4.69, 9.17) is 10.6 Å². The summed E-state index contributed by atoms with van der Waals surface area (Å²) in [6.45, 7) is 0.0352. The highest BCUT2D eigenvalue weighted by Crippen LogP contribution is 2.32. The van der Waals surface area contributed by atoms with E-state index in [1.165, 1.54) is 18.2 Å². The Kier molecular flexibility index (Phi) is 4.01. The lowest BCUT2D eigenvalue weighted by atomic mass is 10.1. The van der Waals surface area contributed by atoms with Gasteiger partial charge in [0.25, 0.3) is 0 Å². The van der Waals surface area contributed by atoms with Gasteiger partial charge in [-0.05, 0) is 29.3 Å². The van der Waals surface area contributed by atoms with E-state index in [9.17, 15) is 13.2 Å². The Morgan fingerprint density at radius 1 is 1.35 bits per heavy atom. The van der Waals surface area contributed by atoms with Gasteiger partial charge in [-0.2, -0.15) is 13.2 Å². The summed E-state index contributed by atoms with van der Waals surface area (Å²) in [5.74, 6) is -0.469. The molecule has 90 valence electrons. The van der Waals surface area contributed by atoms with Crippen LogP contribution in [0.3, 0.4) is 0 Å². The molecular formula is C10H8F3N3O. The van der Waals surface area contributed by atoms with E-state index in [1.54, 1.807) is 0 Å². The van der Waals surface area contributed by atoms with Crippen LogP contribution in [0, 0.1) is 0 Å². The number of halogens is 3. The molecule has 0 heterocycles. The van der Waals surface area contributed by atoms with E-state index in [0.717, 1.165) is 6.07 Å². The van der Waals surface area contributed by atoms with Gasteiger partial charge in [-0.25, -0.2) is 0 Å². The van der Waals surface area contributed by atoms with Gasteiger partial charge >= 0.3 is 6.18 Å². The Balaban J connectivity index is 2.97. The number of nitrogens with zero attached hydrogens (tertiary/aromatic N) is 3. The molecule has 1 N–H and O–H groups in total. The second kappa shape index (κ2) is 5.27. The number of phenols is 1. The third kappa shape index (κ3) is 4.08. The molecule has 0 saturated heterocycles. The maximum Gasteiger partial charge on any atom is 0.416 e. The Morgan fingerprint density at radius 2 is 2.06 bits per heavy atom. The van der Waals surface area contributed by atoms with Gasteiger partial charge in [0.15, 0.2) is 0 Å². The first-order valence-electron chi connectivity index (χ1n) is 4.52. The number of hydrogen-bond acceptors (Lipinski definition) is 2. The summed E-state index contributed by atoms with van der Waals surface area (Å²) in [7, 11) is 0. The minimum Gasteiger partial charge on any atom is -0.508 e. The molecular weight excluding hydrogens is 235 g/mol. The SMILES string of the molecule is [N-]=[N+]=NCC=Cc1cc(O)cc(C(F)(F)F)c1. The van der Waals surface area contributed by atoms with E-state index in [1.807, 2.05) is 0 Å². The van der Waals surface area contributed by atoms with Gasteiger partial charge in [-0.15, -0.1) is 0 Å². The van der Waals surface area contributed by atoms with Crippen LogP contribution in [0.15, 0.2) is 29.4 Å². The van der Waals surface area contributed by atoms with Crippen molar-refractivity contribution in [2.45, 2.75) is 6.18 Å². The zero-order chi connectivity index (χ0) is 12.9. The number of azide groups is 1. The summed E-state index contributed by atoms with van der Waals surface area (Å²) in [6.07, 6.45) is -1.77. The van der Waals surface area contributed by atoms with Gasteiger partial charge in [-0.3, -0.25) is 0 Å². The molecule has 0 aromatic heterocycles. The van der Waals surface area contributed by atoms with Crippen molar-refractivity contribution in [2.75, 3.05) is 6.54 Å². The Morgan fingerprint density at radius 3 is 2.65 bits per heavy atom. The lowest BCUT2D eigenvalue weighted by Gasteiger charge is -2.07. The fraction of sp³-hybridized carbons (Fsp3) is 0.200. The molecule has 4 nitrogen and oxygen atoms in total. The molecule has 0 aliphatic heterocycles. The molecule has 0 bridgehead atoms. The fourth-order valence-electron chi connectivity index (χ4n) is 1.17. The van der Waals surface area contributed by atoms with Crippen LogP contribution >= 0.6 is 0 Å². The molecule has 0 radical (unpaired) electrons. The van der Waals surface area contributed by atoms with Gasteiger partial charge in [0, 0.05) is 11.5 Å². The van der Waals surface area contributed by atoms with Crippen molar-refractivity contribution in [1.82, 2.24) is 0 Å². The molecule has 0 atom stereocenters. The Bertz CT molecular complexity index is 476. The van der Waals surface area contributed by atoms with Crippen molar-refractivity contribution in [1.29, 1.82) is 0 Å². The van der Waals surface area contributed by atoms with Crippen molar-refractivity contribution < 1.29 is 18.3 Å². The highest BCUT2D eigenvalue weighted by molar-refractivity contribution is 5.53. The van der Waals surface area contributed by atoms with Crippen molar-refractivity contribution in [2.24, 2.45) is 5.11 Å². The molecule has 0 unspecified atom stereocenters. The summed E-state index contributed by atoms with van der Waals surface area (Å²) in [6, 6.07) is 2.72. The topological polar surface area (TPSA) is 69.0 Å². The van der Waals surface area contributed by atoms with Crippen molar-refractivity contribution in [3.8, 4) is 5.75 Å². The van der Waals surface area contributed by atoms with Crippen LogP contribution in [0.1, 0.15) is 11.1 Å². The fourth-order valence-corrected chi connectivity index (χ4v) is 1.17. The highest BCUT2D eigenvalue weighted by Gasteiger charge is 2.31. The number of benzene rings is 1. The van der Waals surface area contributed by atoms with Crippen LogP contribution in [-0.4, -0.2) is 11.7 Å². The quantitative estimate of drug-likeness (QED) is 0.490. The summed E-state index contributed by atoms with van der Waals surface area (Å²) in [4.78, 5) is 2.49. The lowest BCUT2D eigenvalue weighted by Crippen LogP contribution is -2.04. The number of hydrogen-bond donors (Lipinski definition) is 1. The number of phenolic OH excluding ortho intramolecular Hbond substituents is 1. The van der Waals surface area contributed by atoms with Crippen LogP contribution in [0.25, 0.3) is 16.5 Å². The first-order chi connectivity index (χ1) is 7.93. The van der Waals surface area contributed by atoms with Gasteiger partial charge in [0.1, 0.15) is 5.75 Å². The molecule has 1 rings (SSSR count). The lowest BCUT2D eigenvalue weighted by molar-refractivity contribution is -0.137. The monoisotopic (exact) mass is 243 g/mol. The molecule has 0 spiro atoms. The van der Waals surface area contributed by atoms with Crippen LogP contribution in [0.4, 0.5) is 13.2 Å². The second-order valence-corrected chi connectivity index (χ2v) is 3.13. The summed E-state index contributed by atoms with van der Waals surface area (Å²) in [5, 5.41) is 12.3. The first-order valence-corrected chi connectivity index (χ1v) is 4.52. The Hall–Kier alpha value is -2.14. The summed E-state index contributed by atoms with van der Waals surface area (Å²) >= 11 is 0. The van der Waals surface area contributed by atoms with Crippen LogP contribution in [0.2, 0.25) is 0 Å². The van der Waals surface area contributed by atoms with Gasteiger partial charge in [0.2, 0.25) is 0 Å². The average Bonchev–Trinajstić information content (AvgIpc) is 2.22. The van der Waals surface area contributed by atoms with Crippen LogP contribution in [0.5, 0.6) is 5.75 Å². The van der Waals surface area contributed by atoms with Gasteiger partial charge in [-0.1, -0.05) is 17.3 Å². The molecule has 0 fully saturated rings. The second-order valence-electron chi connectivity index (χ2n) is 3.13. The van der Waals surface area contributed by atoms with Crippen molar-refractivity contribution in [3.63, 3.8) is 0 Å². The maximum atomic E-state index is 12.4. The molecule has 0 amide bonds. The predicted molar refractivity (Wildman–Crippen MR) is 56.2 cm³/mol. The highest BCUT2D eigenvalue weighted by atomic mass is 19.4. The minimum atomic E-state index is -4.51. The number of rotatable bonds is 3. The average molecular weight is 243 g/mol. The normalized spacial score (nSPS) is 11.5. The Labute approximate surface area is 94.6 Å². The van der Waals surface area contributed by atoms with Crippen LogP contribution in [-0.2, 0) is 6.18 Å². The smallest absolute Gasteiger partial charge is 0.416 e. The molecule has 1 aromatic carbocycles. The predicted octanol–water partition coefficient (Wildman–Crippen LogP) is 3.73. The summed E-state index contributed by atoms with van der Waals surface area (Å²) in [5.41, 5.74) is 7.25. The van der Waals surface area contributed by atoms with E-state index in [2.05, 4.69) is 10.0 Å². The van der Waals surface area contributed by atoms with E-state index in [-0.39, 0.29) is 12.1 Å². The number of alkyl halides is 3. The van der Waals surface area contributed by atoms with E-state index >= 15 is 0 Å². The van der Waals surface area contributed by atoms with Crippen molar-refractivity contribution >= 4 is 6.08 Å².